The predicted octanol–water partition coefficient (Wildman–Crippen LogP) is 3.84. The van der Waals surface area contributed by atoms with Crippen LogP contribution in [0.4, 0.5) is 10.1 Å². The van der Waals surface area contributed by atoms with Crippen LogP contribution < -0.4 is 5.32 Å². The number of carbonyl (C=O) groups is 1. The SMILES string of the molecule is O=C(Nc1c2c(nc3c1CCC3)CCCC2)c1ccc(F)cc1. The lowest BCUT2D eigenvalue weighted by molar-refractivity contribution is 0.102. The minimum atomic E-state index is -0.330. The van der Waals surface area contributed by atoms with Crippen molar-refractivity contribution in [2.75, 3.05) is 5.32 Å². The van der Waals surface area contributed by atoms with Crippen LogP contribution in [0.2, 0.25) is 0 Å². The van der Waals surface area contributed by atoms with Crippen LogP contribution in [0, 0.1) is 5.82 Å². The molecule has 1 aromatic heterocycles. The van der Waals surface area contributed by atoms with Crippen LogP contribution in [0.25, 0.3) is 0 Å². The second-order valence-electron chi connectivity index (χ2n) is 6.36. The second kappa shape index (κ2) is 5.76. The number of nitrogens with one attached hydrogen (secondary N) is 1. The van der Waals surface area contributed by atoms with Gasteiger partial charge in [0.1, 0.15) is 5.82 Å². The Kier molecular flexibility index (Phi) is 3.60. The van der Waals surface area contributed by atoms with E-state index in [-0.39, 0.29) is 11.7 Å². The van der Waals surface area contributed by atoms with Crippen LogP contribution >= 0.6 is 0 Å². The molecule has 0 aliphatic heterocycles. The molecular formula is C19H19FN2O. The molecule has 0 radical (unpaired) electrons. The van der Waals surface area contributed by atoms with Crippen LogP contribution in [0.5, 0.6) is 0 Å². The van der Waals surface area contributed by atoms with Crippen LogP contribution in [0.3, 0.4) is 0 Å². The summed E-state index contributed by atoms with van der Waals surface area (Å²) in [7, 11) is 0. The van der Waals surface area contributed by atoms with E-state index < -0.39 is 0 Å². The number of carbonyl (C=O) groups excluding carboxylic acids is 1. The van der Waals surface area contributed by atoms with E-state index in [1.807, 2.05) is 0 Å². The van der Waals surface area contributed by atoms with Gasteiger partial charge in [-0.05, 0) is 80.3 Å². The van der Waals surface area contributed by atoms with Gasteiger partial charge in [0.15, 0.2) is 0 Å². The first-order valence-electron chi connectivity index (χ1n) is 8.33. The number of aryl methyl sites for hydroxylation is 2. The van der Waals surface area contributed by atoms with E-state index in [0.29, 0.717) is 5.56 Å². The standard InChI is InChI=1S/C19H19FN2O/c20-13-10-8-12(9-11-13)19(23)22-18-14-4-1-2-6-16(14)21-17-7-3-5-15(17)18/h8-11H,1-7H2,(H,21,22,23). The minimum absolute atomic E-state index is 0.168. The fourth-order valence-corrected chi connectivity index (χ4v) is 3.69. The molecule has 23 heavy (non-hydrogen) atoms. The summed E-state index contributed by atoms with van der Waals surface area (Å²) in [5.74, 6) is -0.498. The summed E-state index contributed by atoms with van der Waals surface area (Å²) in [4.78, 5) is 17.4. The maximum atomic E-state index is 13.0. The molecule has 1 amide bonds. The summed E-state index contributed by atoms with van der Waals surface area (Å²) in [5.41, 5.74) is 6.20. The molecule has 0 fully saturated rings. The molecule has 2 aliphatic rings. The number of anilines is 1. The molecule has 0 bridgehead atoms. The van der Waals surface area contributed by atoms with Crippen molar-refractivity contribution in [2.45, 2.75) is 44.9 Å². The molecule has 0 atom stereocenters. The number of amides is 1. The van der Waals surface area contributed by atoms with Gasteiger partial charge in [-0.15, -0.1) is 0 Å². The second-order valence-corrected chi connectivity index (χ2v) is 6.36. The van der Waals surface area contributed by atoms with Gasteiger partial charge in [-0.2, -0.15) is 0 Å². The number of hydrogen-bond donors (Lipinski definition) is 1. The number of aromatic nitrogens is 1. The van der Waals surface area contributed by atoms with Crippen molar-refractivity contribution in [1.82, 2.24) is 4.98 Å². The quantitative estimate of drug-likeness (QED) is 0.915. The summed E-state index contributed by atoms with van der Waals surface area (Å²) in [6.07, 6.45) is 7.38. The van der Waals surface area contributed by atoms with Crippen LogP contribution in [0.15, 0.2) is 24.3 Å². The third-order valence-corrected chi connectivity index (χ3v) is 4.85. The van der Waals surface area contributed by atoms with Gasteiger partial charge in [0.25, 0.3) is 5.91 Å². The highest BCUT2D eigenvalue weighted by atomic mass is 19.1. The first-order chi connectivity index (χ1) is 11.2. The van der Waals surface area contributed by atoms with Gasteiger partial charge < -0.3 is 5.32 Å². The summed E-state index contributed by atoms with van der Waals surface area (Å²) in [5, 5.41) is 3.10. The lowest BCUT2D eigenvalue weighted by atomic mass is 9.92. The van der Waals surface area contributed by atoms with Crippen molar-refractivity contribution in [1.29, 1.82) is 0 Å². The van der Waals surface area contributed by atoms with E-state index in [2.05, 4.69) is 5.32 Å². The van der Waals surface area contributed by atoms with Crippen molar-refractivity contribution in [3.63, 3.8) is 0 Å². The molecule has 1 N–H and O–H groups in total. The Labute approximate surface area is 134 Å². The van der Waals surface area contributed by atoms with Crippen LogP contribution in [-0.4, -0.2) is 10.9 Å². The first kappa shape index (κ1) is 14.4. The molecule has 118 valence electrons. The number of pyridine rings is 1. The molecule has 0 saturated heterocycles. The summed E-state index contributed by atoms with van der Waals surface area (Å²) < 4.78 is 13.0. The Morgan fingerprint density at radius 2 is 1.52 bits per heavy atom. The van der Waals surface area contributed by atoms with Crippen molar-refractivity contribution in [3.05, 3.63) is 58.2 Å². The lowest BCUT2D eigenvalue weighted by Crippen LogP contribution is -2.18. The Morgan fingerprint density at radius 1 is 0.913 bits per heavy atom. The van der Waals surface area contributed by atoms with Gasteiger partial charge in [0.2, 0.25) is 0 Å². The summed E-state index contributed by atoms with van der Waals surface area (Å²) in [6, 6.07) is 5.69. The van der Waals surface area contributed by atoms with Crippen molar-refractivity contribution in [2.24, 2.45) is 0 Å². The maximum Gasteiger partial charge on any atom is 0.255 e. The number of fused-ring (bicyclic) bond motifs is 2. The number of nitrogens with zero attached hydrogens (tertiary/aromatic N) is 1. The smallest absolute Gasteiger partial charge is 0.255 e. The number of benzene rings is 1. The van der Waals surface area contributed by atoms with E-state index in [4.69, 9.17) is 4.98 Å². The number of halogens is 1. The fraction of sp³-hybridized carbons (Fsp3) is 0.368. The zero-order chi connectivity index (χ0) is 15.8. The number of hydrogen-bond acceptors (Lipinski definition) is 2. The zero-order valence-electron chi connectivity index (χ0n) is 13.0. The molecule has 2 aliphatic carbocycles. The van der Waals surface area contributed by atoms with Crippen molar-refractivity contribution >= 4 is 11.6 Å². The van der Waals surface area contributed by atoms with Crippen LogP contribution in [0.1, 0.15) is 52.1 Å². The molecule has 3 nitrogen and oxygen atoms in total. The normalized spacial score (nSPS) is 15.9. The number of rotatable bonds is 2. The Balaban J connectivity index is 1.72. The van der Waals surface area contributed by atoms with Crippen molar-refractivity contribution < 1.29 is 9.18 Å². The molecule has 4 heteroatoms. The Morgan fingerprint density at radius 3 is 2.26 bits per heavy atom. The van der Waals surface area contributed by atoms with Crippen LogP contribution in [-0.2, 0) is 25.7 Å². The molecule has 4 rings (SSSR count). The molecule has 0 saturated carbocycles. The molecule has 2 aromatic rings. The van der Waals surface area contributed by atoms with E-state index in [0.717, 1.165) is 55.6 Å². The van der Waals surface area contributed by atoms with Gasteiger partial charge in [-0.25, -0.2) is 4.39 Å². The molecule has 1 heterocycles. The van der Waals surface area contributed by atoms with Crippen molar-refractivity contribution in [3.8, 4) is 0 Å². The van der Waals surface area contributed by atoms with Gasteiger partial charge in [-0.3, -0.25) is 9.78 Å². The highest BCUT2D eigenvalue weighted by molar-refractivity contribution is 6.05. The Bertz CT molecular complexity index is 768. The predicted molar refractivity (Wildman–Crippen MR) is 87.3 cm³/mol. The first-order valence-corrected chi connectivity index (χ1v) is 8.33. The highest BCUT2D eigenvalue weighted by Gasteiger charge is 2.25. The monoisotopic (exact) mass is 310 g/mol. The zero-order valence-corrected chi connectivity index (χ0v) is 13.0. The van der Waals surface area contributed by atoms with Gasteiger partial charge in [-0.1, -0.05) is 0 Å². The van der Waals surface area contributed by atoms with E-state index in [9.17, 15) is 9.18 Å². The molecule has 0 spiro atoms. The van der Waals surface area contributed by atoms with E-state index >= 15 is 0 Å². The minimum Gasteiger partial charge on any atom is -0.321 e. The Hall–Kier alpha value is -2.23. The summed E-state index contributed by atoms with van der Waals surface area (Å²) >= 11 is 0. The van der Waals surface area contributed by atoms with Gasteiger partial charge in [0.05, 0.1) is 5.69 Å². The average Bonchev–Trinajstić information content (AvgIpc) is 3.03. The molecular weight excluding hydrogens is 291 g/mol. The fourth-order valence-electron chi connectivity index (χ4n) is 3.69. The summed E-state index contributed by atoms with van der Waals surface area (Å²) in [6.45, 7) is 0. The topological polar surface area (TPSA) is 42.0 Å². The highest BCUT2D eigenvalue weighted by Crippen LogP contribution is 2.36. The maximum absolute atomic E-state index is 13.0. The third kappa shape index (κ3) is 2.62. The third-order valence-electron chi connectivity index (χ3n) is 4.85. The largest absolute Gasteiger partial charge is 0.321 e. The molecule has 0 unspecified atom stereocenters. The molecule has 1 aromatic carbocycles. The van der Waals surface area contributed by atoms with E-state index in [1.54, 1.807) is 0 Å². The van der Waals surface area contributed by atoms with E-state index in [1.165, 1.54) is 41.8 Å². The lowest BCUT2D eigenvalue weighted by Gasteiger charge is -2.22. The van der Waals surface area contributed by atoms with Gasteiger partial charge in [0, 0.05) is 17.0 Å². The average molecular weight is 310 g/mol. The van der Waals surface area contributed by atoms with Gasteiger partial charge >= 0.3 is 0 Å².